The summed E-state index contributed by atoms with van der Waals surface area (Å²) in [7, 11) is 0. The molecule has 2 N–H and O–H groups in total. The third-order valence-corrected chi connectivity index (χ3v) is 2.45. The van der Waals surface area contributed by atoms with Crippen LogP contribution in [0.3, 0.4) is 0 Å². The normalized spacial score (nSPS) is 12.4. The Hall–Kier alpha value is -1.81. The van der Waals surface area contributed by atoms with E-state index in [1.807, 2.05) is 24.3 Å². The van der Waals surface area contributed by atoms with Gasteiger partial charge in [0.1, 0.15) is 17.7 Å². The molecule has 0 spiro atoms. The third kappa shape index (κ3) is 2.85. The van der Waals surface area contributed by atoms with Crippen molar-refractivity contribution in [2.45, 2.75) is 19.4 Å². The molecule has 0 aliphatic rings. The summed E-state index contributed by atoms with van der Waals surface area (Å²) >= 11 is 0. The standard InChI is InChI=1S/C13H16N2O2/c1-2-9-17-11-5-3-10(4-6-11)12(16)13-14-7-8-15-13/h3-8,12,16H,2,9H2,1H3,(H,14,15). The second-order valence-electron chi connectivity index (χ2n) is 3.79. The lowest BCUT2D eigenvalue weighted by molar-refractivity contribution is 0.211. The first-order chi connectivity index (χ1) is 8.31. The van der Waals surface area contributed by atoms with Crippen molar-refractivity contribution in [1.82, 2.24) is 9.97 Å². The number of aliphatic hydroxyl groups is 1. The second kappa shape index (κ2) is 5.50. The maximum Gasteiger partial charge on any atom is 0.139 e. The largest absolute Gasteiger partial charge is 0.494 e. The number of hydrogen-bond donors (Lipinski definition) is 2. The van der Waals surface area contributed by atoms with Crippen LogP contribution in [0.5, 0.6) is 5.75 Å². The van der Waals surface area contributed by atoms with E-state index in [0.29, 0.717) is 12.4 Å². The number of aliphatic hydroxyl groups excluding tert-OH is 1. The average Bonchev–Trinajstić information content (AvgIpc) is 2.90. The predicted molar refractivity (Wildman–Crippen MR) is 64.9 cm³/mol. The first kappa shape index (κ1) is 11.7. The fourth-order valence-electron chi connectivity index (χ4n) is 1.55. The molecule has 1 aromatic heterocycles. The summed E-state index contributed by atoms with van der Waals surface area (Å²) in [6, 6.07) is 7.41. The molecule has 2 aromatic rings. The van der Waals surface area contributed by atoms with Crippen LogP contribution in [0.1, 0.15) is 30.8 Å². The van der Waals surface area contributed by atoms with E-state index in [9.17, 15) is 5.11 Å². The smallest absolute Gasteiger partial charge is 0.139 e. The van der Waals surface area contributed by atoms with Crippen LogP contribution in [-0.4, -0.2) is 21.7 Å². The van der Waals surface area contributed by atoms with E-state index in [1.54, 1.807) is 12.4 Å². The lowest BCUT2D eigenvalue weighted by atomic mass is 10.1. The summed E-state index contributed by atoms with van der Waals surface area (Å²) in [6.45, 7) is 2.77. The Morgan fingerprint density at radius 2 is 2.12 bits per heavy atom. The highest BCUT2D eigenvalue weighted by atomic mass is 16.5. The van der Waals surface area contributed by atoms with Crippen LogP contribution in [-0.2, 0) is 0 Å². The molecule has 0 fully saturated rings. The zero-order valence-corrected chi connectivity index (χ0v) is 9.76. The summed E-state index contributed by atoms with van der Waals surface area (Å²) in [5.41, 5.74) is 0.795. The summed E-state index contributed by atoms with van der Waals surface area (Å²) in [4.78, 5) is 6.92. The zero-order chi connectivity index (χ0) is 12.1. The Labute approximate surface area is 100 Å². The summed E-state index contributed by atoms with van der Waals surface area (Å²) in [6.07, 6.45) is 3.58. The maximum absolute atomic E-state index is 10.0. The molecule has 0 aliphatic heterocycles. The van der Waals surface area contributed by atoms with Crippen molar-refractivity contribution in [3.63, 3.8) is 0 Å². The molecule has 0 radical (unpaired) electrons. The van der Waals surface area contributed by atoms with Gasteiger partial charge in [-0.2, -0.15) is 0 Å². The molecule has 1 atom stereocenters. The highest BCUT2D eigenvalue weighted by Gasteiger charge is 2.12. The Balaban J connectivity index is 2.07. The zero-order valence-electron chi connectivity index (χ0n) is 9.76. The monoisotopic (exact) mass is 232 g/mol. The molecule has 0 aliphatic carbocycles. The molecule has 1 heterocycles. The fourth-order valence-corrected chi connectivity index (χ4v) is 1.55. The Morgan fingerprint density at radius 1 is 1.35 bits per heavy atom. The van der Waals surface area contributed by atoms with E-state index in [-0.39, 0.29) is 0 Å². The number of aromatic nitrogens is 2. The van der Waals surface area contributed by atoms with Gasteiger partial charge in [0.25, 0.3) is 0 Å². The van der Waals surface area contributed by atoms with Crippen molar-refractivity contribution in [1.29, 1.82) is 0 Å². The number of aromatic amines is 1. The van der Waals surface area contributed by atoms with Gasteiger partial charge < -0.3 is 14.8 Å². The van der Waals surface area contributed by atoms with E-state index < -0.39 is 6.10 Å². The van der Waals surface area contributed by atoms with Gasteiger partial charge in [0.15, 0.2) is 0 Å². The average molecular weight is 232 g/mol. The molecule has 0 saturated carbocycles. The van der Waals surface area contributed by atoms with Crippen LogP contribution in [0, 0.1) is 0 Å². The van der Waals surface area contributed by atoms with Crippen LogP contribution in [0.25, 0.3) is 0 Å². The second-order valence-corrected chi connectivity index (χ2v) is 3.79. The SMILES string of the molecule is CCCOc1ccc(C(O)c2ncc[nH]2)cc1. The van der Waals surface area contributed by atoms with Gasteiger partial charge in [0.05, 0.1) is 6.61 Å². The van der Waals surface area contributed by atoms with Crippen molar-refractivity contribution in [2.24, 2.45) is 0 Å². The Morgan fingerprint density at radius 3 is 2.71 bits per heavy atom. The first-order valence-electron chi connectivity index (χ1n) is 5.71. The molecule has 4 heteroatoms. The molecular formula is C13H16N2O2. The van der Waals surface area contributed by atoms with E-state index >= 15 is 0 Å². The lowest BCUT2D eigenvalue weighted by Gasteiger charge is -2.09. The first-order valence-corrected chi connectivity index (χ1v) is 5.71. The topological polar surface area (TPSA) is 58.1 Å². The maximum atomic E-state index is 10.0. The number of H-pyrrole nitrogens is 1. The van der Waals surface area contributed by atoms with Gasteiger partial charge in [-0.25, -0.2) is 4.98 Å². The summed E-state index contributed by atoms with van der Waals surface area (Å²) in [5.74, 6) is 1.37. The number of benzene rings is 1. The number of ether oxygens (including phenoxy) is 1. The van der Waals surface area contributed by atoms with Gasteiger partial charge in [0.2, 0.25) is 0 Å². The van der Waals surface area contributed by atoms with E-state index in [0.717, 1.165) is 17.7 Å². The molecule has 90 valence electrons. The van der Waals surface area contributed by atoms with Crippen molar-refractivity contribution < 1.29 is 9.84 Å². The van der Waals surface area contributed by atoms with E-state index in [1.165, 1.54) is 0 Å². The minimum Gasteiger partial charge on any atom is -0.494 e. The summed E-state index contributed by atoms with van der Waals surface area (Å²) in [5, 5.41) is 10.0. The van der Waals surface area contributed by atoms with Crippen molar-refractivity contribution >= 4 is 0 Å². The number of nitrogens with zero attached hydrogens (tertiary/aromatic N) is 1. The predicted octanol–water partition coefficient (Wildman–Crippen LogP) is 2.28. The van der Waals surface area contributed by atoms with Crippen molar-refractivity contribution in [3.05, 3.63) is 48.0 Å². The van der Waals surface area contributed by atoms with Crippen LogP contribution in [0.2, 0.25) is 0 Å². The molecule has 2 rings (SSSR count). The van der Waals surface area contributed by atoms with Gasteiger partial charge in [-0.1, -0.05) is 19.1 Å². The van der Waals surface area contributed by atoms with Gasteiger partial charge in [-0.3, -0.25) is 0 Å². The molecule has 1 aromatic carbocycles. The Bertz CT molecular complexity index is 437. The Kier molecular flexibility index (Phi) is 3.77. The quantitative estimate of drug-likeness (QED) is 0.831. The molecule has 0 saturated heterocycles. The van der Waals surface area contributed by atoms with Crippen LogP contribution >= 0.6 is 0 Å². The molecule has 1 unspecified atom stereocenters. The van der Waals surface area contributed by atoms with E-state index in [2.05, 4.69) is 16.9 Å². The minimum atomic E-state index is -0.717. The van der Waals surface area contributed by atoms with Crippen molar-refractivity contribution in [2.75, 3.05) is 6.61 Å². The third-order valence-electron chi connectivity index (χ3n) is 2.45. The molecule has 4 nitrogen and oxygen atoms in total. The van der Waals surface area contributed by atoms with Crippen LogP contribution < -0.4 is 4.74 Å². The minimum absolute atomic E-state index is 0.548. The highest BCUT2D eigenvalue weighted by Crippen LogP contribution is 2.21. The highest BCUT2D eigenvalue weighted by molar-refractivity contribution is 5.30. The number of imidazole rings is 1. The fraction of sp³-hybridized carbons (Fsp3) is 0.308. The molecular weight excluding hydrogens is 216 g/mol. The number of nitrogens with one attached hydrogen (secondary N) is 1. The van der Waals surface area contributed by atoms with Crippen LogP contribution in [0.4, 0.5) is 0 Å². The molecule has 0 amide bonds. The molecule has 0 bridgehead atoms. The van der Waals surface area contributed by atoms with Gasteiger partial charge in [0, 0.05) is 12.4 Å². The number of rotatable bonds is 5. The van der Waals surface area contributed by atoms with Gasteiger partial charge in [-0.15, -0.1) is 0 Å². The summed E-state index contributed by atoms with van der Waals surface area (Å²) < 4.78 is 5.48. The van der Waals surface area contributed by atoms with Gasteiger partial charge in [-0.05, 0) is 24.1 Å². The van der Waals surface area contributed by atoms with E-state index in [4.69, 9.17) is 4.74 Å². The lowest BCUT2D eigenvalue weighted by Crippen LogP contribution is -2.02. The molecule has 17 heavy (non-hydrogen) atoms. The van der Waals surface area contributed by atoms with Crippen molar-refractivity contribution in [3.8, 4) is 5.75 Å². The van der Waals surface area contributed by atoms with Gasteiger partial charge >= 0.3 is 0 Å². The number of hydrogen-bond acceptors (Lipinski definition) is 3. The van der Waals surface area contributed by atoms with Crippen LogP contribution in [0.15, 0.2) is 36.7 Å².